The molecule has 0 fully saturated rings. The first-order valence-corrected chi connectivity index (χ1v) is 4.50. The van der Waals surface area contributed by atoms with Gasteiger partial charge in [0.05, 0.1) is 6.61 Å². The van der Waals surface area contributed by atoms with Crippen LogP contribution in [0.1, 0.15) is 19.4 Å². The van der Waals surface area contributed by atoms with E-state index in [-0.39, 0.29) is 12.1 Å². The lowest BCUT2D eigenvalue weighted by atomic mass is 10.1. The Bertz CT molecular complexity index is 266. The zero-order chi connectivity index (χ0) is 9.90. The molecule has 1 rings (SSSR count). The molecule has 1 aromatic heterocycles. The van der Waals surface area contributed by atoms with Crippen LogP contribution < -0.4 is 5.32 Å². The maximum Gasteiger partial charge on any atom is 0.0607 e. The third-order valence-electron chi connectivity index (χ3n) is 2.06. The maximum absolute atomic E-state index is 9.01. The fraction of sp³-hybridized carbons (Fsp3) is 0.600. The van der Waals surface area contributed by atoms with Gasteiger partial charge in [-0.3, -0.25) is 0 Å². The first kappa shape index (κ1) is 10.3. The van der Waals surface area contributed by atoms with E-state index >= 15 is 0 Å². The average molecular weight is 182 g/mol. The fourth-order valence-corrected chi connectivity index (χ4v) is 1.06. The molecule has 1 heterocycles. The van der Waals surface area contributed by atoms with Gasteiger partial charge in [-0.05, 0) is 25.5 Å². The molecule has 0 spiro atoms. The van der Waals surface area contributed by atoms with Gasteiger partial charge in [-0.25, -0.2) is 0 Å². The number of nitrogens with one attached hydrogen (secondary N) is 1. The van der Waals surface area contributed by atoms with Crippen LogP contribution in [0.5, 0.6) is 0 Å². The summed E-state index contributed by atoms with van der Waals surface area (Å²) in [6.45, 7) is 4.92. The van der Waals surface area contributed by atoms with Gasteiger partial charge in [0.25, 0.3) is 0 Å². The Kier molecular flexibility index (Phi) is 3.12. The Morgan fingerprint density at radius 2 is 2.23 bits per heavy atom. The number of hydrogen-bond donors (Lipinski definition) is 2. The summed E-state index contributed by atoms with van der Waals surface area (Å²) < 4.78 is 2.02. The van der Waals surface area contributed by atoms with Gasteiger partial charge in [0.15, 0.2) is 0 Å². The molecule has 0 atom stereocenters. The molecule has 3 nitrogen and oxygen atoms in total. The van der Waals surface area contributed by atoms with Gasteiger partial charge in [-0.1, -0.05) is 0 Å². The lowest BCUT2D eigenvalue weighted by Crippen LogP contribution is -2.41. The van der Waals surface area contributed by atoms with Gasteiger partial charge >= 0.3 is 0 Å². The molecule has 0 saturated heterocycles. The largest absolute Gasteiger partial charge is 0.394 e. The van der Waals surface area contributed by atoms with E-state index in [0.29, 0.717) is 0 Å². The summed E-state index contributed by atoms with van der Waals surface area (Å²) in [4.78, 5) is 0. The highest BCUT2D eigenvalue weighted by atomic mass is 16.3. The number of aromatic nitrogens is 1. The normalized spacial score (nSPS) is 12.0. The van der Waals surface area contributed by atoms with E-state index in [1.807, 2.05) is 31.7 Å². The van der Waals surface area contributed by atoms with E-state index in [2.05, 4.69) is 17.6 Å². The van der Waals surface area contributed by atoms with Crippen LogP contribution in [0.15, 0.2) is 18.5 Å². The monoisotopic (exact) mass is 182 g/mol. The summed E-state index contributed by atoms with van der Waals surface area (Å²) >= 11 is 0. The predicted octanol–water partition coefficient (Wildman–Crippen LogP) is 0.886. The van der Waals surface area contributed by atoms with E-state index in [1.165, 1.54) is 5.56 Å². The van der Waals surface area contributed by atoms with Crippen LogP contribution in [0, 0.1) is 0 Å². The number of rotatable bonds is 4. The number of nitrogens with zero attached hydrogens (tertiary/aromatic N) is 1. The predicted molar refractivity (Wildman–Crippen MR) is 53.4 cm³/mol. The number of aryl methyl sites for hydroxylation is 1. The summed E-state index contributed by atoms with van der Waals surface area (Å²) in [5.41, 5.74) is 1.04. The SMILES string of the molecule is Cn1ccc(CNC(C)(C)CO)c1. The minimum atomic E-state index is -0.199. The van der Waals surface area contributed by atoms with Crippen molar-refractivity contribution in [2.24, 2.45) is 7.05 Å². The topological polar surface area (TPSA) is 37.2 Å². The van der Waals surface area contributed by atoms with E-state index in [1.54, 1.807) is 0 Å². The van der Waals surface area contributed by atoms with Crippen LogP contribution in [0.25, 0.3) is 0 Å². The molecular weight excluding hydrogens is 164 g/mol. The van der Waals surface area contributed by atoms with Crippen molar-refractivity contribution in [2.75, 3.05) is 6.61 Å². The molecule has 1 aromatic rings. The van der Waals surface area contributed by atoms with Crippen molar-refractivity contribution in [3.63, 3.8) is 0 Å². The number of aliphatic hydroxyl groups is 1. The zero-order valence-electron chi connectivity index (χ0n) is 8.54. The quantitative estimate of drug-likeness (QED) is 0.725. The number of hydrogen-bond acceptors (Lipinski definition) is 2. The van der Waals surface area contributed by atoms with Crippen LogP contribution in [-0.4, -0.2) is 21.8 Å². The summed E-state index contributed by atoms with van der Waals surface area (Å²) in [7, 11) is 2.00. The standard InChI is InChI=1S/C10H18N2O/c1-10(2,8-13)11-6-9-4-5-12(3)7-9/h4-5,7,11,13H,6,8H2,1-3H3. The minimum absolute atomic E-state index is 0.153. The Hall–Kier alpha value is -0.800. The van der Waals surface area contributed by atoms with Crippen molar-refractivity contribution >= 4 is 0 Å². The molecule has 3 heteroatoms. The third kappa shape index (κ3) is 3.20. The van der Waals surface area contributed by atoms with Crippen molar-refractivity contribution in [2.45, 2.75) is 25.9 Å². The molecule has 0 aliphatic rings. The summed E-state index contributed by atoms with van der Waals surface area (Å²) in [6.07, 6.45) is 4.09. The van der Waals surface area contributed by atoms with Gasteiger partial charge in [0.2, 0.25) is 0 Å². The molecule has 74 valence electrons. The molecule has 2 N–H and O–H groups in total. The Labute approximate surface area is 79.4 Å². The van der Waals surface area contributed by atoms with Crippen LogP contribution in [0.2, 0.25) is 0 Å². The second-order valence-corrected chi connectivity index (χ2v) is 4.08. The van der Waals surface area contributed by atoms with E-state index in [0.717, 1.165) is 6.54 Å². The first-order chi connectivity index (χ1) is 6.03. The fourth-order valence-electron chi connectivity index (χ4n) is 1.06. The summed E-state index contributed by atoms with van der Waals surface area (Å²) in [6, 6.07) is 2.07. The highest BCUT2D eigenvalue weighted by Crippen LogP contribution is 2.04. The van der Waals surface area contributed by atoms with Crippen molar-refractivity contribution in [1.29, 1.82) is 0 Å². The van der Waals surface area contributed by atoms with E-state index in [9.17, 15) is 0 Å². The van der Waals surface area contributed by atoms with Crippen molar-refractivity contribution < 1.29 is 5.11 Å². The van der Waals surface area contributed by atoms with Gasteiger partial charge in [0, 0.05) is 31.5 Å². The molecule has 0 saturated carbocycles. The molecule has 0 bridgehead atoms. The molecular formula is C10H18N2O. The van der Waals surface area contributed by atoms with Crippen LogP contribution in [0.3, 0.4) is 0 Å². The minimum Gasteiger partial charge on any atom is -0.394 e. The second-order valence-electron chi connectivity index (χ2n) is 4.08. The first-order valence-electron chi connectivity index (χ1n) is 4.50. The molecule has 0 amide bonds. The third-order valence-corrected chi connectivity index (χ3v) is 2.06. The van der Waals surface area contributed by atoms with Crippen molar-refractivity contribution in [1.82, 2.24) is 9.88 Å². The van der Waals surface area contributed by atoms with Gasteiger partial charge < -0.3 is 15.0 Å². The van der Waals surface area contributed by atoms with Crippen LogP contribution >= 0.6 is 0 Å². The maximum atomic E-state index is 9.01. The lowest BCUT2D eigenvalue weighted by Gasteiger charge is -2.23. The van der Waals surface area contributed by atoms with Gasteiger partial charge in [0.1, 0.15) is 0 Å². The summed E-state index contributed by atoms with van der Waals surface area (Å²) in [5, 5.41) is 12.3. The lowest BCUT2D eigenvalue weighted by molar-refractivity contribution is 0.187. The van der Waals surface area contributed by atoms with Gasteiger partial charge in [-0.2, -0.15) is 0 Å². The Morgan fingerprint density at radius 1 is 1.54 bits per heavy atom. The molecule has 13 heavy (non-hydrogen) atoms. The molecule has 0 unspecified atom stereocenters. The zero-order valence-corrected chi connectivity index (χ0v) is 8.54. The molecule has 0 aliphatic heterocycles. The van der Waals surface area contributed by atoms with Gasteiger partial charge in [-0.15, -0.1) is 0 Å². The molecule has 0 aromatic carbocycles. The Balaban J connectivity index is 2.43. The smallest absolute Gasteiger partial charge is 0.0607 e. The van der Waals surface area contributed by atoms with E-state index in [4.69, 9.17) is 5.11 Å². The molecule has 0 aliphatic carbocycles. The van der Waals surface area contributed by atoms with E-state index < -0.39 is 0 Å². The highest BCUT2D eigenvalue weighted by molar-refractivity contribution is 5.09. The molecule has 0 radical (unpaired) electrons. The summed E-state index contributed by atoms with van der Waals surface area (Å²) in [5.74, 6) is 0. The number of aliphatic hydroxyl groups excluding tert-OH is 1. The average Bonchev–Trinajstić information content (AvgIpc) is 2.48. The highest BCUT2D eigenvalue weighted by Gasteiger charge is 2.14. The van der Waals surface area contributed by atoms with Crippen LogP contribution in [0.4, 0.5) is 0 Å². The van der Waals surface area contributed by atoms with Crippen molar-refractivity contribution in [3.05, 3.63) is 24.0 Å². The second kappa shape index (κ2) is 3.94. The van der Waals surface area contributed by atoms with Crippen LogP contribution in [-0.2, 0) is 13.6 Å². The van der Waals surface area contributed by atoms with Crippen molar-refractivity contribution in [3.8, 4) is 0 Å². The Morgan fingerprint density at radius 3 is 2.69 bits per heavy atom.